The number of hydrogen-bond donors (Lipinski definition) is 3. The maximum absolute atomic E-state index is 12.2. The van der Waals surface area contributed by atoms with E-state index in [0.717, 1.165) is 45.1 Å². The van der Waals surface area contributed by atoms with Crippen molar-refractivity contribution in [1.82, 2.24) is 10.6 Å². The van der Waals surface area contributed by atoms with E-state index in [1.807, 2.05) is 0 Å². The molecule has 0 aromatic carbocycles. The number of amides is 1. The molecule has 1 amide bonds. The van der Waals surface area contributed by atoms with Crippen LogP contribution in [0, 0.1) is 17.8 Å². The lowest BCUT2D eigenvalue weighted by Gasteiger charge is -2.31. The molecule has 3 fully saturated rings. The Balaban J connectivity index is 1.64. The Morgan fingerprint density at radius 3 is 2.58 bits per heavy atom. The van der Waals surface area contributed by atoms with Crippen molar-refractivity contribution in [1.29, 1.82) is 0 Å². The maximum Gasteiger partial charge on any atom is 0.308 e. The largest absolute Gasteiger partial charge is 0.481 e. The van der Waals surface area contributed by atoms with E-state index in [2.05, 4.69) is 10.6 Å². The van der Waals surface area contributed by atoms with Gasteiger partial charge in [0, 0.05) is 6.04 Å². The van der Waals surface area contributed by atoms with Gasteiger partial charge in [0.2, 0.25) is 5.91 Å². The zero-order valence-corrected chi connectivity index (χ0v) is 11.1. The molecule has 5 atom stereocenters. The van der Waals surface area contributed by atoms with Crippen LogP contribution < -0.4 is 10.6 Å². The van der Waals surface area contributed by atoms with Crippen molar-refractivity contribution in [2.45, 2.75) is 50.6 Å². The summed E-state index contributed by atoms with van der Waals surface area (Å²) in [7, 11) is 0. The Hall–Kier alpha value is -1.10. The van der Waals surface area contributed by atoms with Crippen LogP contribution in [0.5, 0.6) is 0 Å². The smallest absolute Gasteiger partial charge is 0.308 e. The number of carboxylic acid groups (broad SMARTS) is 1. The van der Waals surface area contributed by atoms with E-state index in [1.165, 1.54) is 0 Å². The first-order valence-corrected chi connectivity index (χ1v) is 7.43. The van der Waals surface area contributed by atoms with E-state index < -0.39 is 5.97 Å². The number of carboxylic acids is 1. The Morgan fingerprint density at radius 2 is 1.89 bits per heavy atom. The molecular weight excluding hydrogens is 244 g/mol. The SMILES string of the molecule is O=C(O)C1C2CCC(C2)C1NC(=O)[C@H]1CCCCN1. The van der Waals surface area contributed by atoms with Crippen molar-refractivity contribution in [2.75, 3.05) is 6.54 Å². The van der Waals surface area contributed by atoms with Crippen LogP contribution in [0.4, 0.5) is 0 Å². The van der Waals surface area contributed by atoms with Crippen LogP contribution >= 0.6 is 0 Å². The minimum absolute atomic E-state index is 0.00324. The molecule has 1 aliphatic heterocycles. The van der Waals surface area contributed by atoms with Crippen molar-refractivity contribution in [3.8, 4) is 0 Å². The number of hydrogen-bond acceptors (Lipinski definition) is 3. The van der Waals surface area contributed by atoms with E-state index >= 15 is 0 Å². The molecule has 2 bridgehead atoms. The second-order valence-electron chi connectivity index (χ2n) is 6.23. The minimum atomic E-state index is -0.742. The Morgan fingerprint density at radius 1 is 1.11 bits per heavy atom. The molecule has 5 nitrogen and oxygen atoms in total. The van der Waals surface area contributed by atoms with Gasteiger partial charge in [-0.2, -0.15) is 0 Å². The third-order valence-electron chi connectivity index (χ3n) is 5.14. The van der Waals surface area contributed by atoms with Gasteiger partial charge in [0.05, 0.1) is 12.0 Å². The van der Waals surface area contributed by atoms with Crippen LogP contribution in [0.25, 0.3) is 0 Å². The van der Waals surface area contributed by atoms with Crippen LogP contribution in [0.3, 0.4) is 0 Å². The Bertz CT molecular complexity index is 379. The molecule has 2 aliphatic carbocycles. The molecule has 0 radical (unpaired) electrons. The van der Waals surface area contributed by atoms with E-state index in [9.17, 15) is 14.7 Å². The first-order chi connectivity index (χ1) is 9.16. The van der Waals surface area contributed by atoms with Gasteiger partial charge in [-0.3, -0.25) is 9.59 Å². The van der Waals surface area contributed by atoms with Crippen molar-refractivity contribution in [3.05, 3.63) is 0 Å². The highest BCUT2D eigenvalue weighted by Gasteiger charge is 2.51. The first kappa shape index (κ1) is 12.9. The Labute approximate surface area is 113 Å². The second-order valence-corrected chi connectivity index (χ2v) is 6.23. The van der Waals surface area contributed by atoms with Crippen LogP contribution in [0.1, 0.15) is 38.5 Å². The van der Waals surface area contributed by atoms with Crippen LogP contribution in [-0.4, -0.2) is 35.6 Å². The third-order valence-corrected chi connectivity index (χ3v) is 5.14. The summed E-state index contributed by atoms with van der Waals surface area (Å²) in [6.45, 7) is 0.886. The lowest BCUT2D eigenvalue weighted by atomic mass is 9.84. The maximum atomic E-state index is 12.2. The van der Waals surface area contributed by atoms with E-state index in [-0.39, 0.29) is 29.8 Å². The predicted molar refractivity (Wildman–Crippen MR) is 69.5 cm³/mol. The van der Waals surface area contributed by atoms with Crippen molar-refractivity contribution in [2.24, 2.45) is 17.8 Å². The molecule has 1 heterocycles. The van der Waals surface area contributed by atoms with Gasteiger partial charge in [0.25, 0.3) is 0 Å². The molecule has 5 heteroatoms. The quantitative estimate of drug-likeness (QED) is 0.704. The zero-order chi connectivity index (χ0) is 13.4. The number of nitrogens with one attached hydrogen (secondary N) is 2. The molecule has 2 saturated carbocycles. The number of aliphatic carboxylic acids is 1. The summed E-state index contributed by atoms with van der Waals surface area (Å²) >= 11 is 0. The lowest BCUT2D eigenvalue weighted by Crippen LogP contribution is -2.53. The molecule has 4 unspecified atom stereocenters. The van der Waals surface area contributed by atoms with Crippen molar-refractivity contribution >= 4 is 11.9 Å². The molecule has 0 aromatic rings. The average molecular weight is 266 g/mol. The molecular formula is C14H22N2O3. The summed E-state index contributed by atoms with van der Waals surface area (Å²) in [5.74, 6) is -0.463. The Kier molecular flexibility index (Phi) is 3.48. The van der Waals surface area contributed by atoms with Crippen LogP contribution in [0.2, 0.25) is 0 Å². The van der Waals surface area contributed by atoms with E-state index in [4.69, 9.17) is 0 Å². The first-order valence-electron chi connectivity index (χ1n) is 7.43. The van der Waals surface area contributed by atoms with E-state index in [0.29, 0.717) is 5.92 Å². The fraction of sp³-hybridized carbons (Fsp3) is 0.857. The summed E-state index contributed by atoms with van der Waals surface area (Å²) in [6, 6.07) is -0.269. The fourth-order valence-electron chi connectivity index (χ4n) is 4.19. The molecule has 0 aromatic heterocycles. The van der Waals surface area contributed by atoms with Crippen LogP contribution in [-0.2, 0) is 9.59 Å². The normalized spacial score (nSPS) is 41.2. The van der Waals surface area contributed by atoms with Crippen molar-refractivity contribution in [3.63, 3.8) is 0 Å². The molecule has 3 N–H and O–H groups in total. The number of rotatable bonds is 3. The van der Waals surface area contributed by atoms with Gasteiger partial charge in [-0.05, 0) is 50.5 Å². The molecule has 3 aliphatic rings. The highest BCUT2D eigenvalue weighted by molar-refractivity contribution is 5.83. The monoisotopic (exact) mass is 266 g/mol. The lowest BCUT2D eigenvalue weighted by molar-refractivity contribution is -0.144. The van der Waals surface area contributed by atoms with Crippen molar-refractivity contribution < 1.29 is 14.7 Å². The van der Waals surface area contributed by atoms with Gasteiger partial charge >= 0.3 is 5.97 Å². The molecule has 0 spiro atoms. The number of carbonyl (C=O) groups is 2. The van der Waals surface area contributed by atoms with Gasteiger partial charge in [-0.1, -0.05) is 6.42 Å². The predicted octanol–water partition coefficient (Wildman–Crippen LogP) is 0.744. The molecule has 19 heavy (non-hydrogen) atoms. The highest BCUT2D eigenvalue weighted by Crippen LogP contribution is 2.48. The van der Waals surface area contributed by atoms with E-state index in [1.54, 1.807) is 0 Å². The summed E-state index contributed by atoms with van der Waals surface area (Å²) in [5, 5.41) is 15.6. The summed E-state index contributed by atoms with van der Waals surface area (Å²) in [6.07, 6.45) is 6.11. The molecule has 106 valence electrons. The minimum Gasteiger partial charge on any atom is -0.481 e. The van der Waals surface area contributed by atoms with Gasteiger partial charge in [0.1, 0.15) is 0 Å². The highest BCUT2D eigenvalue weighted by atomic mass is 16.4. The number of carbonyl (C=O) groups excluding carboxylic acids is 1. The van der Waals surface area contributed by atoms with Gasteiger partial charge < -0.3 is 15.7 Å². The summed E-state index contributed by atoms with van der Waals surface area (Å²) in [5.41, 5.74) is 0. The summed E-state index contributed by atoms with van der Waals surface area (Å²) in [4.78, 5) is 23.6. The van der Waals surface area contributed by atoms with Gasteiger partial charge in [0.15, 0.2) is 0 Å². The van der Waals surface area contributed by atoms with Gasteiger partial charge in [-0.25, -0.2) is 0 Å². The molecule has 1 saturated heterocycles. The second kappa shape index (κ2) is 5.12. The standard InChI is InChI=1S/C14H22N2O3/c17-13(10-3-1-2-6-15-10)16-12-9-5-4-8(7-9)11(12)14(18)19/h8-12,15H,1-7H2,(H,16,17)(H,18,19)/t8?,9?,10-,11?,12?/m1/s1. The van der Waals surface area contributed by atoms with Crippen LogP contribution in [0.15, 0.2) is 0 Å². The number of piperidine rings is 1. The number of fused-ring (bicyclic) bond motifs is 2. The zero-order valence-electron chi connectivity index (χ0n) is 11.1. The topological polar surface area (TPSA) is 78.4 Å². The summed E-state index contributed by atoms with van der Waals surface area (Å²) < 4.78 is 0. The third kappa shape index (κ3) is 2.36. The molecule has 3 rings (SSSR count). The van der Waals surface area contributed by atoms with Gasteiger partial charge in [-0.15, -0.1) is 0 Å². The fourth-order valence-corrected chi connectivity index (χ4v) is 4.19. The average Bonchev–Trinajstić information content (AvgIpc) is 3.00.